The summed E-state index contributed by atoms with van der Waals surface area (Å²) >= 11 is 6.18. The van der Waals surface area contributed by atoms with Gasteiger partial charge in [0, 0.05) is 22.3 Å². The van der Waals surface area contributed by atoms with E-state index in [2.05, 4.69) is 23.7 Å². The molecule has 26 heavy (non-hydrogen) atoms. The molecule has 0 aliphatic heterocycles. The molecule has 1 N–H and O–H groups in total. The average Bonchev–Trinajstić information content (AvgIpc) is 3.04. The number of aromatic nitrogens is 1. The van der Waals surface area contributed by atoms with Gasteiger partial charge in [0.05, 0.1) is 5.69 Å². The van der Waals surface area contributed by atoms with E-state index in [1.54, 1.807) is 6.07 Å². The van der Waals surface area contributed by atoms with Crippen molar-refractivity contribution in [1.29, 1.82) is 0 Å². The minimum Gasteiger partial charge on any atom is -0.460 e. The Balaban J connectivity index is 1.90. The van der Waals surface area contributed by atoms with Crippen molar-refractivity contribution in [2.24, 2.45) is 0 Å². The molecule has 0 radical (unpaired) electrons. The van der Waals surface area contributed by atoms with E-state index in [1.807, 2.05) is 42.5 Å². The van der Waals surface area contributed by atoms with Crippen LogP contribution in [0.3, 0.4) is 0 Å². The maximum Gasteiger partial charge on any atom is 0.355 e. The van der Waals surface area contributed by atoms with Gasteiger partial charge in [-0.1, -0.05) is 61.8 Å². The number of likely N-dealkylation sites (N-methyl/N-ethyl adjacent to an activating group) is 1. The number of fused-ring (bicyclic) bond motifs is 1. The lowest BCUT2D eigenvalue weighted by Crippen LogP contribution is -2.28. The molecule has 0 unspecified atom stereocenters. The molecule has 5 heteroatoms. The number of hydrogen-bond acceptors (Lipinski definition) is 3. The Kier molecular flexibility index (Phi) is 5.96. The topological polar surface area (TPSA) is 45.3 Å². The van der Waals surface area contributed by atoms with Gasteiger partial charge in [0.25, 0.3) is 0 Å². The van der Waals surface area contributed by atoms with Crippen LogP contribution in [0.5, 0.6) is 0 Å². The number of ether oxygens (including phenoxy) is 1. The Bertz CT molecular complexity index is 886. The fourth-order valence-corrected chi connectivity index (χ4v) is 3.25. The first-order valence-corrected chi connectivity index (χ1v) is 9.28. The van der Waals surface area contributed by atoms with E-state index in [0.29, 0.717) is 17.3 Å². The van der Waals surface area contributed by atoms with Crippen LogP contribution in [0.2, 0.25) is 5.02 Å². The fourth-order valence-electron chi connectivity index (χ4n) is 3.07. The summed E-state index contributed by atoms with van der Waals surface area (Å²) in [5.41, 5.74) is 2.34. The van der Waals surface area contributed by atoms with Gasteiger partial charge in [-0.05, 0) is 30.8 Å². The first kappa shape index (κ1) is 18.5. The molecule has 0 bridgehead atoms. The maximum absolute atomic E-state index is 12.6. The summed E-state index contributed by atoms with van der Waals surface area (Å²) in [4.78, 5) is 18.1. The zero-order valence-electron chi connectivity index (χ0n) is 15.1. The van der Waals surface area contributed by atoms with E-state index in [1.165, 1.54) is 0 Å². The Hall–Kier alpha value is -2.30. The van der Waals surface area contributed by atoms with Gasteiger partial charge in [0.2, 0.25) is 0 Å². The van der Waals surface area contributed by atoms with Crippen molar-refractivity contribution in [3.8, 4) is 11.3 Å². The molecule has 0 atom stereocenters. The largest absolute Gasteiger partial charge is 0.460 e. The molecule has 0 amide bonds. The molecule has 0 aliphatic rings. The molecule has 0 saturated carbocycles. The number of nitrogens with one attached hydrogen (secondary N) is 1. The quantitative estimate of drug-likeness (QED) is 0.596. The number of nitrogens with zero attached hydrogens (tertiary/aromatic N) is 1. The molecule has 0 fully saturated rings. The van der Waals surface area contributed by atoms with Crippen LogP contribution in [0.4, 0.5) is 0 Å². The van der Waals surface area contributed by atoms with Crippen LogP contribution in [-0.4, -0.2) is 42.1 Å². The Morgan fingerprint density at radius 2 is 1.81 bits per heavy atom. The number of hydrogen-bond donors (Lipinski definition) is 1. The predicted octanol–water partition coefficient (Wildman–Crippen LogP) is 4.99. The highest BCUT2D eigenvalue weighted by molar-refractivity contribution is 6.31. The van der Waals surface area contributed by atoms with E-state index in [-0.39, 0.29) is 5.97 Å². The molecule has 2 aromatic carbocycles. The summed E-state index contributed by atoms with van der Waals surface area (Å²) < 4.78 is 5.50. The van der Waals surface area contributed by atoms with E-state index in [4.69, 9.17) is 16.3 Å². The number of rotatable bonds is 7. The Morgan fingerprint density at radius 1 is 1.08 bits per heavy atom. The third-order valence-corrected chi connectivity index (χ3v) is 4.81. The van der Waals surface area contributed by atoms with Crippen LogP contribution >= 0.6 is 11.6 Å². The van der Waals surface area contributed by atoms with Crippen molar-refractivity contribution >= 4 is 28.3 Å². The normalized spacial score (nSPS) is 11.2. The molecule has 136 valence electrons. The zero-order valence-corrected chi connectivity index (χ0v) is 15.8. The summed E-state index contributed by atoms with van der Waals surface area (Å²) in [6.45, 7) is 7.18. The molecule has 0 saturated heterocycles. The lowest BCUT2D eigenvalue weighted by atomic mass is 10.1. The molecular formula is C21H23ClN2O2. The third kappa shape index (κ3) is 3.92. The van der Waals surface area contributed by atoms with Gasteiger partial charge < -0.3 is 14.6 Å². The standard InChI is InChI=1S/C21H23ClN2O2/c1-3-24(4-2)12-13-26-21(25)20-17-11-10-16(22)14-18(17)19(23-20)15-8-6-5-7-9-15/h5-11,14,23H,3-4,12-13H2,1-2H3. The second-order valence-corrected chi connectivity index (χ2v) is 6.53. The van der Waals surface area contributed by atoms with E-state index in [9.17, 15) is 4.79 Å². The lowest BCUT2D eigenvalue weighted by molar-refractivity contribution is 0.0463. The fraction of sp³-hybridized carbons (Fsp3) is 0.286. The van der Waals surface area contributed by atoms with Gasteiger partial charge in [0.1, 0.15) is 12.3 Å². The van der Waals surface area contributed by atoms with E-state index in [0.717, 1.165) is 41.7 Å². The van der Waals surface area contributed by atoms with Crippen LogP contribution in [0.1, 0.15) is 24.3 Å². The van der Waals surface area contributed by atoms with Crippen LogP contribution in [-0.2, 0) is 4.74 Å². The first-order chi connectivity index (χ1) is 12.6. The number of aromatic amines is 1. The van der Waals surface area contributed by atoms with Crippen molar-refractivity contribution in [2.45, 2.75) is 13.8 Å². The van der Waals surface area contributed by atoms with Crippen molar-refractivity contribution in [2.75, 3.05) is 26.2 Å². The molecule has 0 spiro atoms. The molecule has 0 aliphatic carbocycles. The number of halogens is 1. The Labute approximate surface area is 158 Å². The number of benzene rings is 2. The van der Waals surface area contributed by atoms with Crippen molar-refractivity contribution in [3.63, 3.8) is 0 Å². The van der Waals surface area contributed by atoms with Crippen molar-refractivity contribution in [3.05, 3.63) is 59.2 Å². The summed E-state index contributed by atoms with van der Waals surface area (Å²) in [7, 11) is 0. The molecule has 3 rings (SSSR count). The number of H-pyrrole nitrogens is 1. The Morgan fingerprint density at radius 3 is 2.50 bits per heavy atom. The van der Waals surface area contributed by atoms with Gasteiger partial charge in [0.15, 0.2) is 0 Å². The summed E-state index contributed by atoms with van der Waals surface area (Å²) in [5.74, 6) is -0.341. The van der Waals surface area contributed by atoms with Crippen LogP contribution < -0.4 is 0 Å². The zero-order chi connectivity index (χ0) is 18.5. The van der Waals surface area contributed by atoms with Gasteiger partial charge in [-0.2, -0.15) is 0 Å². The van der Waals surface area contributed by atoms with Gasteiger partial charge >= 0.3 is 5.97 Å². The van der Waals surface area contributed by atoms with Crippen LogP contribution in [0.15, 0.2) is 48.5 Å². The minimum atomic E-state index is -0.341. The average molecular weight is 371 g/mol. The second kappa shape index (κ2) is 8.39. The summed E-state index contributed by atoms with van der Waals surface area (Å²) in [5, 5.41) is 2.37. The number of carbonyl (C=O) groups is 1. The van der Waals surface area contributed by atoms with Crippen molar-refractivity contribution < 1.29 is 9.53 Å². The predicted molar refractivity (Wildman–Crippen MR) is 107 cm³/mol. The molecule has 3 aromatic rings. The SMILES string of the molecule is CCN(CC)CCOC(=O)c1[nH]c(-c2ccccc2)c2cc(Cl)ccc12. The third-order valence-electron chi connectivity index (χ3n) is 4.57. The van der Waals surface area contributed by atoms with Gasteiger partial charge in [-0.3, -0.25) is 0 Å². The number of carbonyl (C=O) groups excluding carboxylic acids is 1. The first-order valence-electron chi connectivity index (χ1n) is 8.90. The molecular weight excluding hydrogens is 348 g/mol. The van der Waals surface area contributed by atoms with E-state index < -0.39 is 0 Å². The highest BCUT2D eigenvalue weighted by Gasteiger charge is 2.19. The second-order valence-electron chi connectivity index (χ2n) is 6.09. The van der Waals surface area contributed by atoms with Crippen LogP contribution in [0.25, 0.3) is 22.0 Å². The highest BCUT2D eigenvalue weighted by Crippen LogP contribution is 2.33. The van der Waals surface area contributed by atoms with Gasteiger partial charge in [-0.25, -0.2) is 4.79 Å². The molecule has 4 nitrogen and oxygen atoms in total. The monoisotopic (exact) mass is 370 g/mol. The minimum absolute atomic E-state index is 0.341. The summed E-state index contributed by atoms with van der Waals surface area (Å²) in [6, 6.07) is 15.4. The van der Waals surface area contributed by atoms with Gasteiger partial charge in [-0.15, -0.1) is 0 Å². The maximum atomic E-state index is 12.6. The number of esters is 1. The molecule has 1 aromatic heterocycles. The summed E-state index contributed by atoms with van der Waals surface area (Å²) in [6.07, 6.45) is 0. The lowest BCUT2D eigenvalue weighted by Gasteiger charge is -2.17. The molecule has 1 heterocycles. The van der Waals surface area contributed by atoms with E-state index >= 15 is 0 Å². The smallest absolute Gasteiger partial charge is 0.355 e. The highest BCUT2D eigenvalue weighted by atomic mass is 35.5. The van der Waals surface area contributed by atoms with Crippen LogP contribution in [0, 0.1) is 0 Å². The van der Waals surface area contributed by atoms with Crippen molar-refractivity contribution in [1.82, 2.24) is 9.88 Å².